The number of aryl methyl sites for hydroxylation is 2. The predicted octanol–water partition coefficient (Wildman–Crippen LogP) is 7.45. The van der Waals surface area contributed by atoms with Crippen molar-refractivity contribution in [3.63, 3.8) is 0 Å². The summed E-state index contributed by atoms with van der Waals surface area (Å²) in [4.78, 5) is 10.5. The van der Waals surface area contributed by atoms with Crippen molar-refractivity contribution in [3.8, 4) is 22.6 Å². The lowest BCUT2D eigenvalue weighted by atomic mass is 9.87. The molecule has 0 heterocycles. The van der Waals surface area contributed by atoms with Crippen LogP contribution in [0.4, 0.5) is 0 Å². The summed E-state index contributed by atoms with van der Waals surface area (Å²) in [6.07, 6.45) is 4.06. The number of carbonyl (C=O) groups is 1. The molecule has 0 aromatic heterocycles. The van der Waals surface area contributed by atoms with Gasteiger partial charge >= 0.3 is 0 Å². The summed E-state index contributed by atoms with van der Waals surface area (Å²) in [5.41, 5.74) is 12.1. The molecule has 0 aliphatic heterocycles. The molecule has 7 heteroatoms. The van der Waals surface area contributed by atoms with Gasteiger partial charge in [-0.05, 0) is 89.6 Å². The third-order valence-electron chi connectivity index (χ3n) is 6.86. The van der Waals surface area contributed by atoms with Gasteiger partial charge in [0, 0.05) is 5.92 Å². The number of halogens is 2. The first-order valence-corrected chi connectivity index (χ1v) is 14.2. The Morgan fingerprint density at radius 3 is 2.27 bits per heavy atom. The van der Waals surface area contributed by atoms with Gasteiger partial charge in [-0.25, -0.2) is 0 Å². The van der Waals surface area contributed by atoms with E-state index >= 15 is 0 Å². The highest BCUT2D eigenvalue weighted by Crippen LogP contribution is 2.34. The summed E-state index contributed by atoms with van der Waals surface area (Å²) in [6, 6.07) is 26.4. The van der Waals surface area contributed by atoms with E-state index in [1.807, 2.05) is 49.4 Å². The third kappa shape index (κ3) is 8.14. The second-order valence-electron chi connectivity index (χ2n) is 9.78. The maximum absolute atomic E-state index is 10.5. The molecule has 3 N–H and O–H groups in total. The van der Waals surface area contributed by atoms with Crippen LogP contribution >= 0.6 is 23.2 Å². The van der Waals surface area contributed by atoms with Crippen LogP contribution in [0.15, 0.2) is 85.1 Å². The van der Waals surface area contributed by atoms with Gasteiger partial charge in [-0.1, -0.05) is 77.8 Å². The van der Waals surface area contributed by atoms with E-state index in [0.29, 0.717) is 35.5 Å². The maximum Gasteiger partial charge on any atom is 0.297 e. The summed E-state index contributed by atoms with van der Waals surface area (Å²) >= 11 is 12.5. The van der Waals surface area contributed by atoms with Crippen molar-refractivity contribution in [1.82, 2.24) is 0 Å². The zero-order valence-electron chi connectivity index (χ0n) is 23.2. The molecule has 0 spiro atoms. The van der Waals surface area contributed by atoms with Crippen LogP contribution in [-0.4, -0.2) is 26.2 Å². The Balaban J connectivity index is 1.37. The fourth-order valence-electron chi connectivity index (χ4n) is 4.85. The molecule has 4 aromatic rings. The summed E-state index contributed by atoms with van der Waals surface area (Å²) < 4.78 is 16.3. The lowest BCUT2D eigenvalue weighted by molar-refractivity contribution is -0.372. The molecule has 0 saturated heterocycles. The third-order valence-corrected chi connectivity index (χ3v) is 7.42. The standard InChI is InChI=1S/C34H33Cl2NO4/c1-23-17-32(35)34(33(36)18-23)41-16-15-40-29-10-7-25(8-11-29)20-28(21-37)30-12-9-27(19-24(30)2)31-6-4-3-5-26(31)13-14-39-22-38/h3-14,17-19,22,28H,15-16,20-21,37H2,1-2H3/p+1/b14-13+. The van der Waals surface area contributed by atoms with Crippen LogP contribution in [0.5, 0.6) is 11.5 Å². The van der Waals surface area contributed by atoms with Gasteiger partial charge in [-0.2, -0.15) is 0 Å². The first-order valence-electron chi connectivity index (χ1n) is 13.4. The normalized spacial score (nSPS) is 11.8. The monoisotopic (exact) mass is 590 g/mol. The van der Waals surface area contributed by atoms with Crippen LogP contribution in [0.1, 0.15) is 33.7 Å². The number of carbonyl (C=O) groups excluding carboxylic acids is 1. The molecule has 4 aromatic carbocycles. The molecule has 41 heavy (non-hydrogen) atoms. The lowest BCUT2D eigenvalue weighted by Crippen LogP contribution is -2.53. The molecule has 1 unspecified atom stereocenters. The summed E-state index contributed by atoms with van der Waals surface area (Å²) in [5, 5.41) is 0.986. The molecule has 4 rings (SSSR count). The Morgan fingerprint density at radius 2 is 1.59 bits per heavy atom. The quantitative estimate of drug-likeness (QED) is 0.0996. The molecule has 1 atom stereocenters. The summed E-state index contributed by atoms with van der Waals surface area (Å²) in [7, 11) is 0. The molecular formula is C34H34Cl2NO4+. The topological polar surface area (TPSA) is 72.4 Å². The molecule has 0 bridgehead atoms. The van der Waals surface area contributed by atoms with Gasteiger partial charge in [0.05, 0.1) is 22.9 Å². The van der Waals surface area contributed by atoms with Crippen molar-refractivity contribution in [2.75, 3.05) is 19.8 Å². The molecule has 0 amide bonds. The van der Waals surface area contributed by atoms with Gasteiger partial charge in [-0.15, -0.1) is 0 Å². The Labute approximate surface area is 251 Å². The molecule has 0 fully saturated rings. The maximum atomic E-state index is 10.5. The second kappa shape index (κ2) is 14.7. The van der Waals surface area contributed by atoms with E-state index in [2.05, 4.69) is 49.1 Å². The number of hydrogen-bond donors (Lipinski definition) is 1. The van der Waals surface area contributed by atoms with Crippen LogP contribution in [0.3, 0.4) is 0 Å². The average Bonchev–Trinajstić information content (AvgIpc) is 2.96. The fourth-order valence-corrected chi connectivity index (χ4v) is 5.56. The van der Waals surface area contributed by atoms with Crippen molar-refractivity contribution in [2.45, 2.75) is 26.2 Å². The summed E-state index contributed by atoms with van der Waals surface area (Å²) in [5.74, 6) is 1.53. The van der Waals surface area contributed by atoms with Crippen molar-refractivity contribution in [2.24, 2.45) is 0 Å². The Kier molecular flexibility index (Phi) is 10.9. The molecule has 0 aliphatic carbocycles. The number of rotatable bonds is 13. The van der Waals surface area contributed by atoms with E-state index in [0.717, 1.165) is 41.0 Å². The van der Waals surface area contributed by atoms with Gasteiger partial charge in [0.25, 0.3) is 6.47 Å². The minimum atomic E-state index is 0.282. The molecule has 0 saturated carbocycles. The molecule has 0 radical (unpaired) electrons. The van der Waals surface area contributed by atoms with E-state index in [1.54, 1.807) is 6.08 Å². The molecular weight excluding hydrogens is 557 g/mol. The molecule has 0 aliphatic rings. The van der Waals surface area contributed by atoms with Crippen molar-refractivity contribution in [3.05, 3.63) is 123 Å². The van der Waals surface area contributed by atoms with Crippen molar-refractivity contribution >= 4 is 35.8 Å². The highest BCUT2D eigenvalue weighted by atomic mass is 35.5. The number of benzene rings is 4. The van der Waals surface area contributed by atoms with E-state index < -0.39 is 0 Å². The van der Waals surface area contributed by atoms with Gasteiger partial charge in [-0.3, -0.25) is 4.79 Å². The first-order chi connectivity index (χ1) is 19.9. The van der Waals surface area contributed by atoms with Crippen molar-refractivity contribution in [1.29, 1.82) is 0 Å². The first kappa shape index (κ1) is 30.2. The van der Waals surface area contributed by atoms with Crippen LogP contribution in [-0.2, 0) is 16.0 Å². The Hall–Kier alpha value is -3.77. The second-order valence-corrected chi connectivity index (χ2v) is 10.6. The fraction of sp³-hybridized carbons (Fsp3) is 0.206. The van der Waals surface area contributed by atoms with E-state index in [9.17, 15) is 4.79 Å². The smallest absolute Gasteiger partial charge is 0.297 e. The van der Waals surface area contributed by atoms with Gasteiger partial charge in [0.2, 0.25) is 0 Å². The minimum absolute atomic E-state index is 0.282. The largest absolute Gasteiger partial charge is 0.490 e. The molecule has 212 valence electrons. The lowest BCUT2D eigenvalue weighted by Gasteiger charge is -2.18. The predicted molar refractivity (Wildman–Crippen MR) is 166 cm³/mol. The summed E-state index contributed by atoms with van der Waals surface area (Å²) in [6.45, 7) is 5.97. The highest BCUT2D eigenvalue weighted by molar-refractivity contribution is 6.37. The van der Waals surface area contributed by atoms with Gasteiger partial charge in [0.15, 0.2) is 5.75 Å². The van der Waals surface area contributed by atoms with E-state index in [-0.39, 0.29) is 5.92 Å². The zero-order valence-corrected chi connectivity index (χ0v) is 24.8. The van der Waals surface area contributed by atoms with E-state index in [4.69, 9.17) is 37.4 Å². The number of ether oxygens (including phenoxy) is 3. The van der Waals surface area contributed by atoms with Crippen LogP contribution in [0.2, 0.25) is 10.0 Å². The SMILES string of the molecule is Cc1cc(Cl)c(OCCOc2ccc(CC(C[NH3+])c3ccc(-c4ccccc4/C=C/OC=O)cc3C)cc2)c(Cl)c1. The molecule has 5 nitrogen and oxygen atoms in total. The van der Waals surface area contributed by atoms with Crippen molar-refractivity contribution < 1.29 is 24.7 Å². The Bertz CT molecular complexity index is 1480. The van der Waals surface area contributed by atoms with Gasteiger partial charge in [0.1, 0.15) is 19.0 Å². The van der Waals surface area contributed by atoms with Crippen LogP contribution in [0.25, 0.3) is 17.2 Å². The van der Waals surface area contributed by atoms with Gasteiger partial charge < -0.3 is 19.9 Å². The van der Waals surface area contributed by atoms with Crippen LogP contribution < -0.4 is 15.2 Å². The van der Waals surface area contributed by atoms with Crippen LogP contribution in [0, 0.1) is 13.8 Å². The number of hydrogen-bond acceptors (Lipinski definition) is 4. The highest BCUT2D eigenvalue weighted by Gasteiger charge is 2.16. The average molecular weight is 592 g/mol. The minimum Gasteiger partial charge on any atom is -0.490 e. The zero-order chi connectivity index (χ0) is 29.2. The number of quaternary nitrogens is 1. The van der Waals surface area contributed by atoms with E-state index in [1.165, 1.54) is 23.0 Å². The Morgan fingerprint density at radius 1 is 0.878 bits per heavy atom.